The van der Waals surface area contributed by atoms with Crippen LogP contribution in [0.3, 0.4) is 0 Å². The lowest BCUT2D eigenvalue weighted by atomic mass is 9.84. The van der Waals surface area contributed by atoms with Crippen LogP contribution in [0.4, 0.5) is 0 Å². The van der Waals surface area contributed by atoms with Crippen LogP contribution in [0.1, 0.15) is 25.7 Å². The second-order valence-electron chi connectivity index (χ2n) is 4.55. The molecule has 88 valence electrons. The summed E-state index contributed by atoms with van der Waals surface area (Å²) in [5.41, 5.74) is 0. The molecule has 0 atom stereocenters. The Morgan fingerprint density at radius 3 is 2.40 bits per heavy atom. The van der Waals surface area contributed by atoms with Gasteiger partial charge in [0, 0.05) is 26.2 Å². The topological polar surface area (TPSA) is 49.4 Å². The van der Waals surface area contributed by atoms with Crippen LogP contribution in [0, 0.1) is 5.92 Å². The molecule has 1 heterocycles. The van der Waals surface area contributed by atoms with Gasteiger partial charge in [0.15, 0.2) is 0 Å². The zero-order chi connectivity index (χ0) is 10.7. The van der Waals surface area contributed by atoms with Crippen molar-refractivity contribution in [1.29, 1.82) is 0 Å². The van der Waals surface area contributed by atoms with Crippen molar-refractivity contribution in [1.82, 2.24) is 9.62 Å². The summed E-state index contributed by atoms with van der Waals surface area (Å²) in [7, 11) is -2.96. The maximum absolute atomic E-state index is 11.9. The number of rotatable bonds is 4. The molecule has 4 nitrogen and oxygen atoms in total. The molecule has 5 heteroatoms. The lowest BCUT2D eigenvalue weighted by molar-refractivity contribution is 0.302. The van der Waals surface area contributed by atoms with Gasteiger partial charge in [0.2, 0.25) is 10.0 Å². The molecule has 0 spiro atoms. The van der Waals surface area contributed by atoms with E-state index in [1.165, 1.54) is 19.3 Å². The van der Waals surface area contributed by atoms with Crippen molar-refractivity contribution < 1.29 is 8.42 Å². The number of hydrogen-bond acceptors (Lipinski definition) is 3. The van der Waals surface area contributed by atoms with Crippen LogP contribution in [0.5, 0.6) is 0 Å². The van der Waals surface area contributed by atoms with Crippen LogP contribution in [0.15, 0.2) is 0 Å². The van der Waals surface area contributed by atoms with Gasteiger partial charge in [-0.15, -0.1) is 0 Å². The molecule has 15 heavy (non-hydrogen) atoms. The van der Waals surface area contributed by atoms with Gasteiger partial charge in [0.1, 0.15) is 0 Å². The largest absolute Gasteiger partial charge is 0.314 e. The molecule has 0 radical (unpaired) electrons. The zero-order valence-corrected chi connectivity index (χ0v) is 9.93. The van der Waals surface area contributed by atoms with Crippen LogP contribution in [0.2, 0.25) is 0 Å². The number of hydrogen-bond donors (Lipinski definition) is 1. The predicted octanol–water partition coefficient (Wildman–Crippen LogP) is 0.412. The summed E-state index contributed by atoms with van der Waals surface area (Å²) < 4.78 is 25.5. The van der Waals surface area contributed by atoms with Gasteiger partial charge in [-0.1, -0.05) is 19.3 Å². The summed E-state index contributed by atoms with van der Waals surface area (Å²) in [6.07, 6.45) is 4.62. The van der Waals surface area contributed by atoms with Crippen LogP contribution < -0.4 is 5.32 Å². The highest BCUT2D eigenvalue weighted by Gasteiger charge is 2.26. The van der Waals surface area contributed by atoms with Gasteiger partial charge in [0.05, 0.1) is 5.75 Å². The molecule has 1 aliphatic carbocycles. The van der Waals surface area contributed by atoms with Crippen molar-refractivity contribution in [3.05, 3.63) is 0 Å². The molecular weight excluding hydrogens is 212 g/mol. The fourth-order valence-electron chi connectivity index (χ4n) is 2.15. The van der Waals surface area contributed by atoms with Gasteiger partial charge in [-0.05, 0) is 12.3 Å². The number of nitrogens with one attached hydrogen (secondary N) is 1. The van der Waals surface area contributed by atoms with Crippen LogP contribution in [0.25, 0.3) is 0 Å². The highest BCUT2D eigenvalue weighted by Crippen LogP contribution is 2.29. The molecule has 0 aromatic rings. The van der Waals surface area contributed by atoms with E-state index in [2.05, 4.69) is 5.32 Å². The fourth-order valence-corrected chi connectivity index (χ4v) is 3.78. The van der Waals surface area contributed by atoms with Crippen molar-refractivity contribution in [3.8, 4) is 0 Å². The van der Waals surface area contributed by atoms with E-state index in [4.69, 9.17) is 0 Å². The Bertz CT molecular complexity index is 293. The molecule has 0 amide bonds. The smallest absolute Gasteiger partial charge is 0.214 e. The highest BCUT2D eigenvalue weighted by molar-refractivity contribution is 7.89. The zero-order valence-electron chi connectivity index (χ0n) is 9.11. The monoisotopic (exact) mass is 232 g/mol. The summed E-state index contributed by atoms with van der Waals surface area (Å²) in [5, 5.41) is 3.17. The van der Waals surface area contributed by atoms with Crippen molar-refractivity contribution in [2.45, 2.75) is 25.7 Å². The molecule has 1 saturated carbocycles. The molecule has 2 fully saturated rings. The van der Waals surface area contributed by atoms with E-state index in [0.717, 1.165) is 19.5 Å². The van der Waals surface area contributed by atoms with Gasteiger partial charge in [-0.2, -0.15) is 4.31 Å². The van der Waals surface area contributed by atoms with E-state index in [9.17, 15) is 8.42 Å². The maximum atomic E-state index is 11.9. The van der Waals surface area contributed by atoms with E-state index < -0.39 is 10.0 Å². The molecule has 2 rings (SSSR count). The molecule has 1 N–H and O–H groups in total. The second kappa shape index (κ2) is 4.80. The Balaban J connectivity index is 1.81. The van der Waals surface area contributed by atoms with Crippen LogP contribution in [-0.4, -0.2) is 44.7 Å². The quantitative estimate of drug-likeness (QED) is 0.764. The third-order valence-electron chi connectivity index (χ3n) is 3.48. The van der Waals surface area contributed by atoms with Crippen LogP contribution >= 0.6 is 0 Å². The van der Waals surface area contributed by atoms with Crippen molar-refractivity contribution >= 4 is 10.0 Å². The molecule has 0 bridgehead atoms. The summed E-state index contributed by atoms with van der Waals surface area (Å²) >= 11 is 0. The third-order valence-corrected chi connectivity index (χ3v) is 5.38. The standard InChI is InChI=1S/C10H20N2O2S/c13-15(14,9-4-10-2-1-3-10)12-7-5-11-6-8-12/h10-11H,1-9H2. The summed E-state index contributed by atoms with van der Waals surface area (Å²) in [5.74, 6) is 1.04. The van der Waals surface area contributed by atoms with E-state index in [-0.39, 0.29) is 0 Å². The van der Waals surface area contributed by atoms with E-state index in [1.54, 1.807) is 4.31 Å². The van der Waals surface area contributed by atoms with Crippen molar-refractivity contribution in [2.24, 2.45) is 5.92 Å². The predicted molar refractivity (Wildman–Crippen MR) is 60.2 cm³/mol. The highest BCUT2D eigenvalue weighted by atomic mass is 32.2. The molecular formula is C10H20N2O2S. The van der Waals surface area contributed by atoms with Gasteiger partial charge < -0.3 is 5.32 Å². The van der Waals surface area contributed by atoms with Crippen molar-refractivity contribution in [2.75, 3.05) is 31.9 Å². The summed E-state index contributed by atoms with van der Waals surface area (Å²) in [6, 6.07) is 0. The normalized spacial score (nSPS) is 25.1. The Hall–Kier alpha value is -0.130. The summed E-state index contributed by atoms with van der Waals surface area (Å²) in [6.45, 7) is 2.88. The maximum Gasteiger partial charge on any atom is 0.214 e. The fraction of sp³-hybridized carbons (Fsp3) is 1.00. The first-order valence-corrected chi connectivity index (χ1v) is 7.48. The summed E-state index contributed by atoms with van der Waals surface area (Å²) in [4.78, 5) is 0. The van der Waals surface area contributed by atoms with Gasteiger partial charge in [-0.25, -0.2) is 8.42 Å². The minimum absolute atomic E-state index is 0.359. The number of nitrogens with zero attached hydrogens (tertiary/aromatic N) is 1. The second-order valence-corrected chi connectivity index (χ2v) is 6.64. The number of piperazine rings is 1. The first kappa shape index (κ1) is 11.4. The third kappa shape index (κ3) is 2.92. The lowest BCUT2D eigenvalue weighted by Crippen LogP contribution is -2.47. The molecule has 0 aromatic carbocycles. The number of sulfonamides is 1. The molecule has 1 saturated heterocycles. The molecule has 0 unspecified atom stereocenters. The average Bonchev–Trinajstić information content (AvgIpc) is 2.16. The van der Waals surface area contributed by atoms with Crippen molar-refractivity contribution in [3.63, 3.8) is 0 Å². The minimum atomic E-state index is -2.96. The average molecular weight is 232 g/mol. The minimum Gasteiger partial charge on any atom is -0.314 e. The Kier molecular flexibility index (Phi) is 3.64. The van der Waals surface area contributed by atoms with Crippen LogP contribution in [-0.2, 0) is 10.0 Å². The van der Waals surface area contributed by atoms with Gasteiger partial charge >= 0.3 is 0 Å². The SMILES string of the molecule is O=S(=O)(CCC1CCC1)N1CCNCC1. The van der Waals surface area contributed by atoms with E-state index >= 15 is 0 Å². The first-order chi connectivity index (χ1) is 7.18. The Morgan fingerprint density at radius 1 is 1.20 bits per heavy atom. The molecule has 2 aliphatic rings. The molecule has 0 aromatic heterocycles. The lowest BCUT2D eigenvalue weighted by Gasteiger charge is -2.29. The van der Waals surface area contributed by atoms with E-state index in [1.807, 2.05) is 0 Å². The Labute approximate surface area is 92.1 Å². The Morgan fingerprint density at radius 2 is 1.87 bits per heavy atom. The van der Waals surface area contributed by atoms with Gasteiger partial charge in [0.25, 0.3) is 0 Å². The van der Waals surface area contributed by atoms with Gasteiger partial charge in [-0.3, -0.25) is 0 Å². The van der Waals surface area contributed by atoms with E-state index in [0.29, 0.717) is 24.8 Å². The first-order valence-electron chi connectivity index (χ1n) is 5.87. The molecule has 1 aliphatic heterocycles.